The van der Waals surface area contributed by atoms with E-state index in [1.54, 1.807) is 6.07 Å². The Hall–Kier alpha value is -3.06. The lowest BCUT2D eigenvalue weighted by Gasteiger charge is -2.24. The number of ether oxygens (including phenoxy) is 1. The molecule has 0 spiro atoms. The summed E-state index contributed by atoms with van der Waals surface area (Å²) in [6, 6.07) is 21.3. The molecule has 0 fully saturated rings. The van der Waals surface area contributed by atoms with Crippen LogP contribution in [0.4, 0.5) is 5.69 Å². The molecule has 0 radical (unpaired) electrons. The lowest BCUT2D eigenvalue weighted by molar-refractivity contribution is -0.121. The largest absolute Gasteiger partial charge is 0.492 e. The van der Waals surface area contributed by atoms with Gasteiger partial charge in [-0.25, -0.2) is 8.42 Å². The van der Waals surface area contributed by atoms with Crippen LogP contribution in [0.2, 0.25) is 0 Å². The normalized spacial score (nSPS) is 11.9. The average molecular weight is 483 g/mol. The van der Waals surface area contributed by atoms with Gasteiger partial charge in [0.2, 0.25) is 15.9 Å². The zero-order valence-electron chi connectivity index (χ0n) is 20.4. The second-order valence-electron chi connectivity index (χ2n) is 9.41. The maximum atomic E-state index is 12.5. The summed E-state index contributed by atoms with van der Waals surface area (Å²) >= 11 is 0. The predicted molar refractivity (Wildman–Crippen MR) is 139 cm³/mol. The number of nitrogens with one attached hydrogen (secondary N) is 1. The molecule has 3 aromatic rings. The molecule has 182 valence electrons. The predicted octanol–water partition coefficient (Wildman–Crippen LogP) is 4.88. The summed E-state index contributed by atoms with van der Waals surface area (Å²) < 4.78 is 32.1. The van der Waals surface area contributed by atoms with Gasteiger partial charge in [-0.15, -0.1) is 0 Å². The van der Waals surface area contributed by atoms with Gasteiger partial charge >= 0.3 is 0 Å². The molecule has 0 saturated carbocycles. The van der Waals surface area contributed by atoms with E-state index in [4.69, 9.17) is 4.74 Å². The molecule has 0 aliphatic carbocycles. The van der Waals surface area contributed by atoms with E-state index < -0.39 is 10.0 Å². The van der Waals surface area contributed by atoms with E-state index in [0.29, 0.717) is 25.3 Å². The third-order valence-corrected chi connectivity index (χ3v) is 6.79. The number of rotatable bonds is 10. The van der Waals surface area contributed by atoms with Gasteiger partial charge in [0.15, 0.2) is 0 Å². The molecule has 0 heterocycles. The van der Waals surface area contributed by atoms with Crippen LogP contribution in [0.25, 0.3) is 10.8 Å². The molecule has 0 atom stereocenters. The molecule has 3 aromatic carbocycles. The number of benzene rings is 3. The molecule has 1 amide bonds. The van der Waals surface area contributed by atoms with Crippen LogP contribution in [0.3, 0.4) is 0 Å². The van der Waals surface area contributed by atoms with Gasteiger partial charge in [-0.2, -0.15) is 0 Å². The van der Waals surface area contributed by atoms with Gasteiger partial charge in [-0.05, 0) is 41.0 Å². The Morgan fingerprint density at radius 2 is 1.65 bits per heavy atom. The van der Waals surface area contributed by atoms with Crippen molar-refractivity contribution in [3.05, 3.63) is 72.3 Å². The summed E-state index contributed by atoms with van der Waals surface area (Å²) in [6.45, 7) is 7.47. The van der Waals surface area contributed by atoms with Crippen molar-refractivity contribution in [2.45, 2.75) is 39.0 Å². The van der Waals surface area contributed by atoms with E-state index in [1.165, 1.54) is 16.1 Å². The van der Waals surface area contributed by atoms with Crippen LogP contribution in [-0.2, 0) is 20.2 Å². The molecule has 0 aliphatic rings. The van der Waals surface area contributed by atoms with E-state index in [0.717, 1.165) is 16.5 Å². The van der Waals surface area contributed by atoms with Crippen molar-refractivity contribution >= 4 is 32.4 Å². The van der Waals surface area contributed by atoms with Crippen molar-refractivity contribution in [2.75, 3.05) is 30.3 Å². The zero-order chi connectivity index (χ0) is 24.8. The molecule has 34 heavy (non-hydrogen) atoms. The van der Waals surface area contributed by atoms with Crippen LogP contribution >= 0.6 is 0 Å². The third kappa shape index (κ3) is 6.97. The first-order valence-corrected chi connectivity index (χ1v) is 13.4. The lowest BCUT2D eigenvalue weighted by Crippen LogP contribution is -2.33. The van der Waals surface area contributed by atoms with E-state index in [9.17, 15) is 13.2 Å². The topological polar surface area (TPSA) is 75.7 Å². The van der Waals surface area contributed by atoms with Crippen LogP contribution in [0, 0.1) is 0 Å². The van der Waals surface area contributed by atoms with E-state index in [1.807, 2.05) is 48.5 Å². The third-order valence-electron chi connectivity index (χ3n) is 5.61. The van der Waals surface area contributed by atoms with E-state index in [-0.39, 0.29) is 24.3 Å². The summed E-state index contributed by atoms with van der Waals surface area (Å²) in [5.74, 6) is 0.638. The van der Waals surface area contributed by atoms with Crippen molar-refractivity contribution < 1.29 is 17.9 Å². The number of nitrogens with zero attached hydrogens (tertiary/aromatic N) is 1. The molecule has 3 rings (SSSR count). The van der Waals surface area contributed by atoms with Gasteiger partial charge in [-0.3, -0.25) is 9.10 Å². The summed E-state index contributed by atoms with van der Waals surface area (Å²) in [5, 5.41) is 4.68. The van der Waals surface area contributed by atoms with E-state index in [2.05, 4.69) is 38.2 Å². The minimum absolute atomic E-state index is 0.0901. The zero-order valence-corrected chi connectivity index (χ0v) is 21.2. The van der Waals surface area contributed by atoms with Gasteiger partial charge in [-0.1, -0.05) is 69.3 Å². The maximum absolute atomic E-state index is 12.5. The Bertz CT molecular complexity index is 1210. The summed E-state index contributed by atoms with van der Waals surface area (Å²) in [7, 11) is -3.49. The van der Waals surface area contributed by atoms with Crippen molar-refractivity contribution in [3.8, 4) is 5.75 Å². The molecule has 0 unspecified atom stereocenters. The van der Waals surface area contributed by atoms with Crippen LogP contribution in [0.5, 0.6) is 5.75 Å². The van der Waals surface area contributed by atoms with Crippen molar-refractivity contribution in [3.63, 3.8) is 0 Å². The fourth-order valence-corrected chi connectivity index (χ4v) is 4.75. The molecule has 0 aliphatic heterocycles. The monoisotopic (exact) mass is 482 g/mol. The molecule has 6 nitrogen and oxygen atoms in total. The maximum Gasteiger partial charge on any atom is 0.232 e. The molecule has 0 aromatic heterocycles. The Kier molecular flexibility index (Phi) is 8.20. The molecular formula is C27H34N2O4S. The highest BCUT2D eigenvalue weighted by Crippen LogP contribution is 2.28. The van der Waals surface area contributed by atoms with Crippen LogP contribution < -0.4 is 14.4 Å². The van der Waals surface area contributed by atoms with Crippen molar-refractivity contribution in [2.24, 2.45) is 0 Å². The Morgan fingerprint density at radius 1 is 0.971 bits per heavy atom. The second-order valence-corrected chi connectivity index (χ2v) is 11.3. The van der Waals surface area contributed by atoms with Crippen molar-refractivity contribution in [1.82, 2.24) is 5.32 Å². The minimum atomic E-state index is -3.49. The van der Waals surface area contributed by atoms with Crippen molar-refractivity contribution in [1.29, 1.82) is 0 Å². The van der Waals surface area contributed by atoms with Gasteiger partial charge < -0.3 is 10.1 Å². The van der Waals surface area contributed by atoms with Gasteiger partial charge in [0.1, 0.15) is 12.4 Å². The molecule has 0 saturated heterocycles. The summed E-state index contributed by atoms with van der Waals surface area (Å²) in [6.07, 6.45) is 1.84. The molecular weight excluding hydrogens is 448 g/mol. The minimum Gasteiger partial charge on any atom is -0.492 e. The first-order chi connectivity index (χ1) is 16.1. The van der Waals surface area contributed by atoms with Crippen LogP contribution in [0.15, 0.2) is 66.7 Å². The molecule has 7 heteroatoms. The number of hydrogen-bond donors (Lipinski definition) is 1. The van der Waals surface area contributed by atoms with Gasteiger partial charge in [0.25, 0.3) is 0 Å². The number of sulfonamides is 1. The number of fused-ring (bicyclic) bond motifs is 1. The van der Waals surface area contributed by atoms with Gasteiger partial charge in [0, 0.05) is 18.4 Å². The van der Waals surface area contributed by atoms with Gasteiger partial charge in [0.05, 0.1) is 18.5 Å². The summed E-state index contributed by atoms with van der Waals surface area (Å²) in [4.78, 5) is 12.3. The number of amides is 1. The Morgan fingerprint density at radius 3 is 2.32 bits per heavy atom. The highest BCUT2D eigenvalue weighted by molar-refractivity contribution is 7.92. The smallest absolute Gasteiger partial charge is 0.232 e. The molecule has 0 bridgehead atoms. The number of carbonyl (C=O) groups excluding carboxylic acids is 1. The van der Waals surface area contributed by atoms with Crippen LogP contribution in [-0.4, -0.2) is 40.3 Å². The van der Waals surface area contributed by atoms with E-state index >= 15 is 0 Å². The number of hydrogen-bond acceptors (Lipinski definition) is 4. The highest BCUT2D eigenvalue weighted by atomic mass is 32.2. The fraction of sp³-hybridized carbons (Fsp3) is 0.370. The Balaban J connectivity index is 1.47. The highest BCUT2D eigenvalue weighted by Gasteiger charge is 2.19. The lowest BCUT2D eigenvalue weighted by atomic mass is 9.87. The summed E-state index contributed by atoms with van der Waals surface area (Å²) in [5.41, 5.74) is 1.96. The van der Waals surface area contributed by atoms with Crippen LogP contribution in [0.1, 0.15) is 39.2 Å². The Labute approximate surface area is 203 Å². The number of anilines is 1. The SMILES string of the molecule is CC(C)(C)c1ccc(OCCNC(=O)CCCN(c2cccc3ccccc23)S(C)(=O)=O)cc1. The fourth-order valence-electron chi connectivity index (χ4n) is 3.77. The quantitative estimate of drug-likeness (QED) is 0.418. The standard InChI is InChI=1S/C27H34N2O4S/c1-27(2,3)22-14-16-23(17-15-22)33-20-18-28-26(30)13-8-19-29(34(4,31)32)25-12-7-10-21-9-5-6-11-24(21)25/h5-7,9-12,14-17H,8,13,18-20H2,1-4H3,(H,28,30). The first kappa shape index (κ1) is 25.6. The second kappa shape index (κ2) is 10.9. The molecule has 1 N–H and O–H groups in total. The average Bonchev–Trinajstić information content (AvgIpc) is 2.78. The number of carbonyl (C=O) groups is 1. The first-order valence-electron chi connectivity index (χ1n) is 11.5.